The molecule has 5 rings (SSSR count). The summed E-state index contributed by atoms with van der Waals surface area (Å²) in [4.78, 5) is 39.3. The highest BCUT2D eigenvalue weighted by atomic mass is 32.2. The van der Waals surface area contributed by atoms with Gasteiger partial charge < -0.3 is 15.4 Å². The number of hydrogen-bond donors (Lipinski definition) is 4. The fourth-order valence-electron chi connectivity index (χ4n) is 4.74. The number of anilines is 2. The van der Waals surface area contributed by atoms with Crippen molar-refractivity contribution in [1.29, 1.82) is 0 Å². The molecule has 4 N–H and O–H groups in total. The zero-order chi connectivity index (χ0) is 27.2. The van der Waals surface area contributed by atoms with Crippen molar-refractivity contribution >= 4 is 50.7 Å². The van der Waals surface area contributed by atoms with Gasteiger partial charge in [0.15, 0.2) is 5.78 Å². The summed E-state index contributed by atoms with van der Waals surface area (Å²) >= 11 is 0. The molecule has 0 fully saturated rings. The van der Waals surface area contributed by atoms with Crippen LogP contribution in [0.3, 0.4) is 0 Å². The van der Waals surface area contributed by atoms with Gasteiger partial charge in [0.2, 0.25) is 0 Å². The highest BCUT2D eigenvalue weighted by Gasteiger charge is 2.29. The van der Waals surface area contributed by atoms with Crippen LogP contribution in [-0.4, -0.2) is 36.2 Å². The van der Waals surface area contributed by atoms with Crippen molar-refractivity contribution in [3.8, 4) is 0 Å². The van der Waals surface area contributed by atoms with E-state index in [0.29, 0.717) is 71.2 Å². The Bertz CT molecular complexity index is 1640. The fraction of sp³-hybridized carbons (Fsp3) is 0.192. The van der Waals surface area contributed by atoms with E-state index in [4.69, 9.17) is 0 Å². The van der Waals surface area contributed by atoms with Gasteiger partial charge in [0.05, 0.1) is 10.5 Å². The topological polar surface area (TPSA) is 145 Å². The van der Waals surface area contributed by atoms with Crippen molar-refractivity contribution in [2.24, 2.45) is 0 Å². The number of rotatable bonds is 7. The van der Waals surface area contributed by atoms with Gasteiger partial charge in [-0.05, 0) is 61.2 Å². The molecule has 1 aliphatic carbocycles. The number of fused-ring (bicyclic) bond motifs is 2. The second kappa shape index (κ2) is 9.53. The number of aliphatic carboxylic acids is 1. The minimum Gasteiger partial charge on any atom is -0.481 e. The highest BCUT2D eigenvalue weighted by Crippen LogP contribution is 2.37. The Balaban J connectivity index is 1.53. The molecule has 1 aromatic heterocycles. The number of aryl methyl sites for hydroxylation is 1. The lowest BCUT2D eigenvalue weighted by Crippen LogP contribution is -2.13. The molecule has 0 saturated heterocycles. The zero-order valence-electron chi connectivity index (χ0n) is 19.7. The summed E-state index contributed by atoms with van der Waals surface area (Å²) in [5.74, 6) is -3.69. The van der Waals surface area contributed by atoms with Crippen molar-refractivity contribution in [3.05, 3.63) is 76.1 Å². The number of carboxylic acid groups (broad SMARTS) is 1. The Labute approximate surface area is 215 Å². The Hall–Kier alpha value is -4.32. The smallest absolute Gasteiger partial charge is 0.303 e. The van der Waals surface area contributed by atoms with Crippen molar-refractivity contribution in [1.82, 2.24) is 4.98 Å². The fourth-order valence-corrected chi connectivity index (χ4v) is 5.83. The quantitative estimate of drug-likeness (QED) is 0.331. The van der Waals surface area contributed by atoms with Crippen LogP contribution < -0.4 is 10.0 Å². The molecule has 12 heteroatoms. The number of amides is 1. The van der Waals surface area contributed by atoms with Gasteiger partial charge in [0.1, 0.15) is 11.6 Å². The van der Waals surface area contributed by atoms with Gasteiger partial charge in [-0.2, -0.15) is 0 Å². The Morgan fingerprint density at radius 2 is 1.82 bits per heavy atom. The first-order valence-electron chi connectivity index (χ1n) is 11.7. The van der Waals surface area contributed by atoms with Gasteiger partial charge in [-0.25, -0.2) is 17.2 Å². The van der Waals surface area contributed by atoms with Crippen molar-refractivity contribution in [3.63, 3.8) is 0 Å². The molecule has 0 unspecified atom stereocenters. The summed E-state index contributed by atoms with van der Waals surface area (Å²) in [5, 5.41) is 11.9. The number of aromatic amines is 1. The number of H-pyrrole nitrogens is 1. The minimum absolute atomic E-state index is 0.0443. The predicted molar refractivity (Wildman–Crippen MR) is 134 cm³/mol. The van der Waals surface area contributed by atoms with Crippen LogP contribution in [0.5, 0.6) is 0 Å². The summed E-state index contributed by atoms with van der Waals surface area (Å²) in [7, 11) is -4.35. The van der Waals surface area contributed by atoms with Crippen LogP contribution in [-0.2, 0) is 32.5 Å². The molecule has 0 radical (unpaired) electrons. The number of ketones is 1. The lowest BCUT2D eigenvalue weighted by molar-refractivity contribution is -0.137. The summed E-state index contributed by atoms with van der Waals surface area (Å²) in [5.41, 5.74) is 3.08. The van der Waals surface area contributed by atoms with Crippen LogP contribution in [0.1, 0.15) is 52.1 Å². The Morgan fingerprint density at radius 1 is 1.08 bits per heavy atom. The van der Waals surface area contributed by atoms with Crippen LogP contribution in [0.25, 0.3) is 11.6 Å². The monoisotopic (exact) mass is 541 g/mol. The number of carbonyl (C=O) groups excluding carboxylic acids is 2. The number of carbonyl (C=O) groups is 3. The molecule has 0 bridgehead atoms. The predicted octanol–water partition coefficient (Wildman–Crippen LogP) is 4.12. The van der Waals surface area contributed by atoms with Crippen LogP contribution >= 0.6 is 0 Å². The molecule has 196 valence electrons. The van der Waals surface area contributed by atoms with E-state index >= 15 is 0 Å². The molecule has 38 heavy (non-hydrogen) atoms. The molecule has 2 heterocycles. The number of carboxylic acids is 1. The third-order valence-electron chi connectivity index (χ3n) is 6.40. The maximum absolute atomic E-state index is 13.6. The standard InChI is InChI=1S/C26H21F2N3O6S/c27-13-8-14(28)10-16(9-13)38(36,37)31-15-4-6-20-18(11-15)19(26(35)30-20)12-22-17(5-7-24(33)34)25-21(29-22)2-1-3-23(25)32/h4,6,8-12,29,31H,1-3,5,7H2,(H,30,35)(H,33,34)/b19-12-. The molecule has 1 aliphatic heterocycles. The van der Waals surface area contributed by atoms with Crippen LogP contribution in [0, 0.1) is 11.6 Å². The maximum Gasteiger partial charge on any atom is 0.303 e. The van der Waals surface area contributed by atoms with E-state index in [9.17, 15) is 36.7 Å². The van der Waals surface area contributed by atoms with E-state index in [1.807, 2.05) is 0 Å². The average molecular weight is 542 g/mol. The van der Waals surface area contributed by atoms with Gasteiger partial charge >= 0.3 is 5.97 Å². The number of halogens is 2. The van der Waals surface area contributed by atoms with E-state index in [1.165, 1.54) is 24.3 Å². The summed E-state index contributed by atoms with van der Waals surface area (Å²) in [6, 6.07) is 6.19. The first kappa shape index (κ1) is 25.3. The second-order valence-electron chi connectivity index (χ2n) is 9.02. The second-order valence-corrected chi connectivity index (χ2v) is 10.7. The number of aromatic nitrogens is 1. The molecule has 2 aliphatic rings. The Morgan fingerprint density at radius 3 is 2.53 bits per heavy atom. The van der Waals surface area contributed by atoms with Crippen LogP contribution in [0.15, 0.2) is 41.3 Å². The zero-order valence-corrected chi connectivity index (χ0v) is 20.5. The van der Waals surface area contributed by atoms with Crippen molar-refractivity contribution < 1.29 is 36.7 Å². The van der Waals surface area contributed by atoms with Crippen molar-refractivity contribution in [2.75, 3.05) is 10.0 Å². The normalized spacial score (nSPS) is 15.8. The molecule has 0 spiro atoms. The summed E-state index contributed by atoms with van der Waals surface area (Å²) in [6.07, 6.45) is 3.02. The summed E-state index contributed by atoms with van der Waals surface area (Å²) < 4.78 is 54.9. The first-order chi connectivity index (χ1) is 18.0. The number of nitrogens with one attached hydrogen (secondary N) is 3. The molecule has 2 aromatic carbocycles. The van der Waals surface area contributed by atoms with Gasteiger partial charge in [-0.3, -0.25) is 19.1 Å². The van der Waals surface area contributed by atoms with Crippen molar-refractivity contribution in [2.45, 2.75) is 37.0 Å². The van der Waals surface area contributed by atoms with Gasteiger partial charge in [-0.15, -0.1) is 0 Å². The number of Topliss-reactive ketones (excluding diaryl/α,β-unsaturated/α-hetero) is 1. The highest BCUT2D eigenvalue weighted by molar-refractivity contribution is 7.92. The minimum atomic E-state index is -4.35. The van der Waals surface area contributed by atoms with E-state index in [-0.39, 0.29) is 29.9 Å². The largest absolute Gasteiger partial charge is 0.481 e. The molecule has 0 atom stereocenters. The van der Waals surface area contributed by atoms with Crippen LogP contribution in [0.2, 0.25) is 0 Å². The number of sulfonamides is 1. The van der Waals surface area contributed by atoms with Crippen LogP contribution in [0.4, 0.5) is 20.2 Å². The lowest BCUT2D eigenvalue weighted by atomic mass is 9.91. The van der Waals surface area contributed by atoms with Gasteiger partial charge in [0, 0.05) is 52.8 Å². The van der Waals surface area contributed by atoms with E-state index in [2.05, 4.69) is 15.0 Å². The molecule has 0 saturated carbocycles. The SMILES string of the molecule is O=C(O)CCc1c(/C=C2\C(=O)Nc3ccc(NS(=O)(=O)c4cc(F)cc(F)c4)cc32)[nH]c2c1C(=O)CCC2. The van der Waals surface area contributed by atoms with Gasteiger partial charge in [-0.1, -0.05) is 0 Å². The van der Waals surface area contributed by atoms with E-state index < -0.39 is 38.4 Å². The maximum atomic E-state index is 13.6. The van der Waals surface area contributed by atoms with E-state index in [0.717, 1.165) is 0 Å². The third-order valence-corrected chi connectivity index (χ3v) is 7.76. The molecular weight excluding hydrogens is 520 g/mol. The Kier molecular flexibility index (Phi) is 6.35. The molecular formula is C26H21F2N3O6S. The molecule has 9 nitrogen and oxygen atoms in total. The number of benzene rings is 2. The lowest BCUT2D eigenvalue weighted by Gasteiger charge is -2.11. The molecule has 3 aromatic rings. The average Bonchev–Trinajstić information content (AvgIpc) is 3.34. The first-order valence-corrected chi connectivity index (χ1v) is 13.2. The number of hydrogen-bond acceptors (Lipinski definition) is 5. The van der Waals surface area contributed by atoms with Gasteiger partial charge in [0.25, 0.3) is 15.9 Å². The van der Waals surface area contributed by atoms with E-state index in [1.54, 1.807) is 0 Å². The third kappa shape index (κ3) is 4.82. The summed E-state index contributed by atoms with van der Waals surface area (Å²) in [6.45, 7) is 0. The molecule has 1 amide bonds.